The molecule has 0 N–H and O–H groups in total. The summed E-state index contributed by atoms with van der Waals surface area (Å²) >= 11 is 0. The number of rotatable bonds is 0. The summed E-state index contributed by atoms with van der Waals surface area (Å²) in [5, 5.41) is 0. The minimum atomic E-state index is 0.958. The van der Waals surface area contributed by atoms with Crippen LogP contribution >= 0.6 is 0 Å². The molecule has 3 rings (SSSR count). The van der Waals surface area contributed by atoms with E-state index in [1.165, 1.54) is 11.8 Å². The van der Waals surface area contributed by atoms with E-state index in [1.807, 2.05) is 0 Å². The van der Waals surface area contributed by atoms with Gasteiger partial charge in [0.1, 0.15) is 0 Å². The Morgan fingerprint density at radius 2 is 2.11 bits per heavy atom. The van der Waals surface area contributed by atoms with Gasteiger partial charge < -0.3 is 0 Å². The lowest BCUT2D eigenvalue weighted by Crippen LogP contribution is -1.97. The number of hydrogen-bond donors (Lipinski definition) is 0. The molecule has 0 aliphatic heterocycles. The Bertz CT molecular complexity index is 173. The van der Waals surface area contributed by atoms with E-state index >= 15 is 0 Å². The van der Waals surface area contributed by atoms with Crippen LogP contribution in [0.15, 0.2) is 0 Å². The van der Waals surface area contributed by atoms with Crippen molar-refractivity contribution < 1.29 is 0 Å². The van der Waals surface area contributed by atoms with E-state index in [0.717, 1.165) is 17.3 Å². The standard InChI is InChI=1S/C9H14/c1-5-3-7-8-6(2)9(7,8)4-5/h5-8H,3-4H2,1-2H3. The second kappa shape index (κ2) is 0.980. The van der Waals surface area contributed by atoms with Crippen LogP contribution in [0.2, 0.25) is 0 Å². The van der Waals surface area contributed by atoms with E-state index in [0.29, 0.717) is 0 Å². The van der Waals surface area contributed by atoms with Gasteiger partial charge in [0.15, 0.2) is 0 Å². The summed E-state index contributed by atoms with van der Waals surface area (Å²) in [4.78, 5) is 0. The highest BCUT2D eigenvalue weighted by atomic mass is 14.9. The zero-order chi connectivity index (χ0) is 6.22. The smallest absolute Gasteiger partial charge is 0.0201 e. The van der Waals surface area contributed by atoms with Crippen LogP contribution in [-0.4, -0.2) is 0 Å². The van der Waals surface area contributed by atoms with E-state index in [4.69, 9.17) is 0 Å². The molecule has 0 heterocycles. The molecule has 0 nitrogen and oxygen atoms in total. The Kier molecular flexibility index (Phi) is 0.518. The van der Waals surface area contributed by atoms with Crippen molar-refractivity contribution in [2.75, 3.05) is 0 Å². The van der Waals surface area contributed by atoms with E-state index < -0.39 is 0 Å². The molecule has 5 unspecified atom stereocenters. The van der Waals surface area contributed by atoms with E-state index in [9.17, 15) is 0 Å². The highest BCUT2D eigenvalue weighted by Gasteiger charge is 2.85. The van der Waals surface area contributed by atoms with Gasteiger partial charge in [0, 0.05) is 0 Å². The van der Waals surface area contributed by atoms with Gasteiger partial charge in [0.05, 0.1) is 0 Å². The fourth-order valence-electron chi connectivity index (χ4n) is 3.79. The molecule has 9 heavy (non-hydrogen) atoms. The molecular formula is C9H14. The van der Waals surface area contributed by atoms with Gasteiger partial charge in [-0.15, -0.1) is 0 Å². The van der Waals surface area contributed by atoms with Crippen molar-refractivity contribution in [3.63, 3.8) is 0 Å². The monoisotopic (exact) mass is 122 g/mol. The number of hydrogen-bond acceptors (Lipinski definition) is 0. The fraction of sp³-hybridized carbons (Fsp3) is 1.00. The van der Waals surface area contributed by atoms with Crippen LogP contribution in [-0.2, 0) is 0 Å². The van der Waals surface area contributed by atoms with Crippen LogP contribution in [0.4, 0.5) is 0 Å². The number of fused-ring (bicyclic) bond motifs is 1. The lowest BCUT2D eigenvalue weighted by Gasteiger charge is -2.03. The second-order valence-electron chi connectivity index (χ2n) is 4.58. The fourth-order valence-corrected chi connectivity index (χ4v) is 3.79. The van der Waals surface area contributed by atoms with E-state index in [-0.39, 0.29) is 0 Å². The Morgan fingerprint density at radius 1 is 1.33 bits per heavy atom. The van der Waals surface area contributed by atoms with Crippen molar-refractivity contribution in [2.24, 2.45) is 29.1 Å². The van der Waals surface area contributed by atoms with E-state index in [1.54, 1.807) is 12.8 Å². The quantitative estimate of drug-likeness (QED) is 0.462. The zero-order valence-electron chi connectivity index (χ0n) is 6.22. The van der Waals surface area contributed by atoms with Crippen molar-refractivity contribution in [3.8, 4) is 0 Å². The predicted molar refractivity (Wildman–Crippen MR) is 37.0 cm³/mol. The summed E-state index contributed by atoms with van der Waals surface area (Å²) in [7, 11) is 0. The van der Waals surface area contributed by atoms with Gasteiger partial charge in [0.2, 0.25) is 0 Å². The average Bonchev–Trinajstić information content (AvgIpc) is 2.54. The molecule has 5 atom stereocenters. The van der Waals surface area contributed by atoms with Crippen molar-refractivity contribution in [3.05, 3.63) is 0 Å². The van der Waals surface area contributed by atoms with Gasteiger partial charge >= 0.3 is 0 Å². The molecule has 3 aliphatic carbocycles. The van der Waals surface area contributed by atoms with Crippen molar-refractivity contribution >= 4 is 0 Å². The summed E-state index contributed by atoms with van der Waals surface area (Å²) in [6, 6.07) is 0. The summed E-state index contributed by atoms with van der Waals surface area (Å²) in [5.74, 6) is 4.62. The van der Waals surface area contributed by atoms with Crippen molar-refractivity contribution in [1.82, 2.24) is 0 Å². The van der Waals surface area contributed by atoms with Crippen LogP contribution in [0.1, 0.15) is 26.7 Å². The summed E-state index contributed by atoms with van der Waals surface area (Å²) in [5.41, 5.74) is 0.958. The highest BCUT2D eigenvalue weighted by Crippen LogP contribution is 2.90. The van der Waals surface area contributed by atoms with Crippen LogP contribution in [0, 0.1) is 29.1 Å². The molecule has 0 bridgehead atoms. The molecule has 3 fully saturated rings. The van der Waals surface area contributed by atoms with Gasteiger partial charge in [-0.3, -0.25) is 0 Å². The average molecular weight is 122 g/mol. The Hall–Kier alpha value is 0. The summed E-state index contributed by atoms with van der Waals surface area (Å²) < 4.78 is 0. The Morgan fingerprint density at radius 3 is 2.56 bits per heavy atom. The summed E-state index contributed by atoms with van der Waals surface area (Å²) in [6.07, 6.45) is 3.14. The third-order valence-electron chi connectivity index (χ3n) is 4.27. The third-order valence-corrected chi connectivity index (χ3v) is 4.27. The maximum absolute atomic E-state index is 2.44. The molecular weight excluding hydrogens is 108 g/mol. The maximum Gasteiger partial charge on any atom is -0.0201 e. The predicted octanol–water partition coefficient (Wildman–Crippen LogP) is 2.30. The Balaban J connectivity index is 1.89. The second-order valence-corrected chi connectivity index (χ2v) is 4.58. The lowest BCUT2D eigenvalue weighted by molar-refractivity contribution is 0.447. The maximum atomic E-state index is 2.44. The first-order valence-electron chi connectivity index (χ1n) is 4.27. The SMILES string of the molecule is CC1CC2C3C(C)C23C1. The molecule has 3 aliphatic rings. The zero-order valence-corrected chi connectivity index (χ0v) is 6.22. The molecule has 50 valence electrons. The molecule has 0 radical (unpaired) electrons. The van der Waals surface area contributed by atoms with Gasteiger partial charge in [-0.05, 0) is 41.9 Å². The van der Waals surface area contributed by atoms with Crippen LogP contribution in [0.3, 0.4) is 0 Å². The first-order valence-corrected chi connectivity index (χ1v) is 4.27. The third kappa shape index (κ3) is 0.300. The molecule has 0 heteroatoms. The molecule has 0 aromatic rings. The van der Waals surface area contributed by atoms with Gasteiger partial charge in [-0.25, -0.2) is 0 Å². The first kappa shape index (κ1) is 4.76. The molecule has 0 saturated heterocycles. The molecule has 1 spiro atoms. The largest absolute Gasteiger partial charge is 0.0625 e. The van der Waals surface area contributed by atoms with Gasteiger partial charge in [-0.2, -0.15) is 0 Å². The minimum Gasteiger partial charge on any atom is -0.0625 e. The lowest BCUT2D eigenvalue weighted by atomic mass is 10.0. The molecule has 0 aromatic heterocycles. The topological polar surface area (TPSA) is 0 Å². The highest BCUT2D eigenvalue weighted by molar-refractivity contribution is 5.32. The van der Waals surface area contributed by atoms with Crippen molar-refractivity contribution in [2.45, 2.75) is 26.7 Å². The first-order chi connectivity index (χ1) is 4.27. The summed E-state index contributed by atoms with van der Waals surface area (Å²) in [6.45, 7) is 4.86. The normalized spacial score (nSPS) is 75.3. The van der Waals surface area contributed by atoms with Crippen LogP contribution in [0.25, 0.3) is 0 Å². The molecule has 0 amide bonds. The van der Waals surface area contributed by atoms with Gasteiger partial charge in [0.25, 0.3) is 0 Å². The minimum absolute atomic E-state index is 0.958. The molecule has 0 aromatic carbocycles. The van der Waals surface area contributed by atoms with Crippen LogP contribution in [0.5, 0.6) is 0 Å². The van der Waals surface area contributed by atoms with Crippen molar-refractivity contribution in [1.29, 1.82) is 0 Å². The van der Waals surface area contributed by atoms with Gasteiger partial charge in [-0.1, -0.05) is 13.8 Å². The van der Waals surface area contributed by atoms with E-state index in [2.05, 4.69) is 13.8 Å². The Labute approximate surface area is 56.6 Å². The molecule has 3 saturated carbocycles. The van der Waals surface area contributed by atoms with Crippen LogP contribution < -0.4 is 0 Å².